The van der Waals surface area contributed by atoms with Crippen molar-refractivity contribution in [3.8, 4) is 5.75 Å². The molecule has 1 heterocycles. The number of hydrogen-bond acceptors (Lipinski definition) is 7. The number of para-hydroxylation sites is 1. The highest BCUT2D eigenvalue weighted by molar-refractivity contribution is 5.76. The average Bonchev–Trinajstić information content (AvgIpc) is 2.87. The quantitative estimate of drug-likeness (QED) is 0.768. The average molecular weight is 394 g/mol. The molecule has 156 valence electrons. The molecule has 2 rings (SSSR count). The van der Waals surface area contributed by atoms with Crippen LogP contribution in [0, 0.1) is 10.8 Å². The number of esters is 2. The maximum absolute atomic E-state index is 12.3. The minimum atomic E-state index is -1.23. The first kappa shape index (κ1) is 22.2. The zero-order valence-electron chi connectivity index (χ0n) is 17.3. The number of ether oxygens (including phenoxy) is 4. The topological polar surface area (TPSA) is 91.3 Å². The summed E-state index contributed by atoms with van der Waals surface area (Å²) in [6, 6.07) is 8.85. The van der Waals surface area contributed by atoms with E-state index >= 15 is 0 Å². The molecule has 0 radical (unpaired) electrons. The number of hydrogen-bond donors (Lipinski definition) is 1. The monoisotopic (exact) mass is 394 g/mol. The van der Waals surface area contributed by atoms with E-state index in [0.717, 1.165) is 0 Å². The van der Waals surface area contributed by atoms with Crippen LogP contribution in [0.3, 0.4) is 0 Å². The maximum atomic E-state index is 12.3. The molecule has 0 bridgehead atoms. The highest BCUT2D eigenvalue weighted by Crippen LogP contribution is 2.29. The Morgan fingerprint density at radius 3 is 2.11 bits per heavy atom. The van der Waals surface area contributed by atoms with Crippen LogP contribution >= 0.6 is 0 Å². The van der Waals surface area contributed by atoms with Gasteiger partial charge in [0.25, 0.3) is 0 Å². The number of aliphatic hydroxyl groups excluding tert-OH is 1. The van der Waals surface area contributed by atoms with Crippen LogP contribution in [0.25, 0.3) is 0 Å². The van der Waals surface area contributed by atoms with E-state index in [0.29, 0.717) is 5.75 Å². The zero-order valence-corrected chi connectivity index (χ0v) is 17.3. The van der Waals surface area contributed by atoms with Gasteiger partial charge in [-0.15, -0.1) is 0 Å². The molecule has 1 aromatic rings. The molecule has 0 aliphatic carbocycles. The third-order valence-electron chi connectivity index (χ3n) is 4.13. The first-order chi connectivity index (χ1) is 12.9. The zero-order chi connectivity index (χ0) is 21.1. The lowest BCUT2D eigenvalue weighted by atomic mass is 9.97. The van der Waals surface area contributed by atoms with E-state index in [4.69, 9.17) is 18.9 Å². The van der Waals surface area contributed by atoms with Crippen LogP contribution in [0.1, 0.15) is 41.5 Å². The van der Waals surface area contributed by atoms with Gasteiger partial charge in [-0.05, 0) is 53.7 Å². The molecule has 1 aliphatic rings. The second kappa shape index (κ2) is 8.49. The molecule has 28 heavy (non-hydrogen) atoms. The fourth-order valence-electron chi connectivity index (χ4n) is 2.39. The van der Waals surface area contributed by atoms with Gasteiger partial charge in [0.15, 0.2) is 12.2 Å². The summed E-state index contributed by atoms with van der Waals surface area (Å²) in [5.74, 6) is -0.411. The van der Waals surface area contributed by atoms with Crippen molar-refractivity contribution in [1.82, 2.24) is 0 Å². The molecule has 1 fully saturated rings. The highest BCUT2D eigenvalue weighted by atomic mass is 16.7. The van der Waals surface area contributed by atoms with Crippen molar-refractivity contribution < 1.29 is 33.6 Å². The molecule has 4 atom stereocenters. The van der Waals surface area contributed by atoms with E-state index in [1.165, 1.54) is 0 Å². The van der Waals surface area contributed by atoms with E-state index in [9.17, 15) is 14.7 Å². The summed E-state index contributed by atoms with van der Waals surface area (Å²) in [5.41, 5.74) is -1.44. The second-order valence-electron chi connectivity index (χ2n) is 8.93. The largest absolute Gasteiger partial charge is 0.462 e. The molecule has 1 aliphatic heterocycles. The fraction of sp³-hybridized carbons (Fsp3) is 0.619. The maximum Gasteiger partial charge on any atom is 0.311 e. The molecule has 0 spiro atoms. The Morgan fingerprint density at radius 1 is 1.00 bits per heavy atom. The minimum Gasteiger partial charge on any atom is -0.462 e. The van der Waals surface area contributed by atoms with E-state index in [1.807, 2.05) is 6.07 Å². The highest BCUT2D eigenvalue weighted by Gasteiger charge is 2.49. The van der Waals surface area contributed by atoms with E-state index in [-0.39, 0.29) is 6.61 Å². The Morgan fingerprint density at radius 2 is 1.57 bits per heavy atom. The van der Waals surface area contributed by atoms with Gasteiger partial charge in [0.2, 0.25) is 6.29 Å². The van der Waals surface area contributed by atoms with E-state index in [1.54, 1.807) is 65.8 Å². The minimum absolute atomic E-state index is 0.163. The Bertz CT molecular complexity index is 672. The Labute approximate surface area is 165 Å². The van der Waals surface area contributed by atoms with Crippen LogP contribution in [0.5, 0.6) is 5.75 Å². The van der Waals surface area contributed by atoms with Crippen molar-refractivity contribution in [2.45, 2.75) is 66.1 Å². The summed E-state index contributed by atoms with van der Waals surface area (Å²) in [5, 5.41) is 10.7. The molecule has 1 aromatic carbocycles. The van der Waals surface area contributed by atoms with Gasteiger partial charge in [-0.2, -0.15) is 0 Å². The van der Waals surface area contributed by atoms with Crippen molar-refractivity contribution in [2.75, 3.05) is 6.61 Å². The summed E-state index contributed by atoms with van der Waals surface area (Å²) >= 11 is 0. The van der Waals surface area contributed by atoms with Gasteiger partial charge in [-0.3, -0.25) is 9.59 Å². The van der Waals surface area contributed by atoms with Crippen molar-refractivity contribution in [3.63, 3.8) is 0 Å². The summed E-state index contributed by atoms with van der Waals surface area (Å²) in [6.45, 7) is 10.2. The number of benzene rings is 1. The van der Waals surface area contributed by atoms with Crippen molar-refractivity contribution >= 4 is 11.9 Å². The van der Waals surface area contributed by atoms with Crippen LogP contribution in [0.2, 0.25) is 0 Å². The Balaban J connectivity index is 2.13. The lowest BCUT2D eigenvalue weighted by Crippen LogP contribution is -2.42. The predicted octanol–water partition coefficient (Wildman–Crippen LogP) is 2.70. The predicted molar refractivity (Wildman–Crippen MR) is 101 cm³/mol. The third kappa shape index (κ3) is 5.69. The molecular formula is C21H30O7. The van der Waals surface area contributed by atoms with E-state index < -0.39 is 47.4 Å². The lowest BCUT2D eigenvalue weighted by Gasteiger charge is -2.25. The summed E-state index contributed by atoms with van der Waals surface area (Å²) in [6.07, 6.45) is -4.15. The van der Waals surface area contributed by atoms with Gasteiger partial charge < -0.3 is 24.1 Å². The molecule has 0 aromatic heterocycles. The molecule has 1 saturated heterocycles. The molecule has 0 amide bonds. The Hall–Kier alpha value is -2.12. The van der Waals surface area contributed by atoms with Gasteiger partial charge in [0.1, 0.15) is 18.5 Å². The summed E-state index contributed by atoms with van der Waals surface area (Å²) in [4.78, 5) is 24.4. The fourth-order valence-corrected chi connectivity index (χ4v) is 2.39. The van der Waals surface area contributed by atoms with Gasteiger partial charge in [-0.25, -0.2) is 0 Å². The molecule has 7 nitrogen and oxygen atoms in total. The molecule has 1 N–H and O–H groups in total. The van der Waals surface area contributed by atoms with Crippen molar-refractivity contribution in [1.29, 1.82) is 0 Å². The Kier molecular flexibility index (Phi) is 6.72. The molecule has 7 heteroatoms. The summed E-state index contributed by atoms with van der Waals surface area (Å²) in [7, 11) is 0. The number of aliphatic hydroxyl groups is 1. The van der Waals surface area contributed by atoms with E-state index in [2.05, 4.69) is 0 Å². The van der Waals surface area contributed by atoms with Crippen molar-refractivity contribution in [3.05, 3.63) is 30.3 Å². The molecular weight excluding hydrogens is 364 g/mol. The van der Waals surface area contributed by atoms with Crippen LogP contribution in [-0.4, -0.2) is 48.3 Å². The standard InChI is InChI=1S/C21H30O7/c1-20(2,3)18(23)25-12-14-16(28-19(24)21(4,5)6)15(22)17(27-14)26-13-10-8-7-9-11-13/h7-11,14-17,22H,12H2,1-6H3/t14-,15-,16+,17?/m1/s1. The van der Waals surface area contributed by atoms with Gasteiger partial charge in [0.05, 0.1) is 10.8 Å². The number of rotatable bonds is 5. The van der Waals surface area contributed by atoms with Gasteiger partial charge in [-0.1, -0.05) is 18.2 Å². The number of carbonyl (C=O) groups excluding carboxylic acids is 2. The van der Waals surface area contributed by atoms with Crippen LogP contribution < -0.4 is 4.74 Å². The number of carbonyl (C=O) groups is 2. The SMILES string of the molecule is CC(C)(C)C(=O)OC[C@H]1OC(Oc2ccccc2)[C@H](O)[C@H]1OC(=O)C(C)(C)C. The van der Waals surface area contributed by atoms with Crippen LogP contribution in [-0.2, 0) is 23.8 Å². The van der Waals surface area contributed by atoms with Gasteiger partial charge in [0, 0.05) is 0 Å². The van der Waals surface area contributed by atoms with Gasteiger partial charge >= 0.3 is 11.9 Å². The van der Waals surface area contributed by atoms with Crippen LogP contribution in [0.15, 0.2) is 30.3 Å². The summed E-state index contributed by atoms with van der Waals surface area (Å²) < 4.78 is 22.2. The van der Waals surface area contributed by atoms with Crippen LogP contribution in [0.4, 0.5) is 0 Å². The first-order valence-electron chi connectivity index (χ1n) is 9.33. The second-order valence-corrected chi connectivity index (χ2v) is 8.93. The first-order valence-corrected chi connectivity index (χ1v) is 9.33. The smallest absolute Gasteiger partial charge is 0.311 e. The third-order valence-corrected chi connectivity index (χ3v) is 4.13. The molecule has 1 unspecified atom stereocenters. The normalized spacial score (nSPS) is 25.2. The van der Waals surface area contributed by atoms with Crippen molar-refractivity contribution in [2.24, 2.45) is 10.8 Å². The molecule has 0 saturated carbocycles. The lowest BCUT2D eigenvalue weighted by molar-refractivity contribution is -0.170.